The topological polar surface area (TPSA) is 61.8 Å². The fourth-order valence-corrected chi connectivity index (χ4v) is 2.93. The lowest BCUT2D eigenvalue weighted by Gasteiger charge is -2.33. The van der Waals surface area contributed by atoms with Crippen LogP contribution in [0.5, 0.6) is 0 Å². The number of rotatable bonds is 7. The van der Waals surface area contributed by atoms with Crippen LogP contribution in [0.15, 0.2) is 18.2 Å². The number of amides is 1. The second-order valence-corrected chi connectivity index (χ2v) is 6.16. The summed E-state index contributed by atoms with van der Waals surface area (Å²) >= 11 is 0. The van der Waals surface area contributed by atoms with E-state index in [1.165, 1.54) is 0 Å². The molecule has 2 N–H and O–H groups in total. The maximum Gasteiger partial charge on any atom is 0.224 e. The van der Waals surface area contributed by atoms with E-state index in [0.29, 0.717) is 13.2 Å². The van der Waals surface area contributed by atoms with Gasteiger partial charge in [-0.1, -0.05) is 0 Å². The van der Waals surface area contributed by atoms with Crippen molar-refractivity contribution in [1.29, 1.82) is 0 Å². The van der Waals surface area contributed by atoms with Gasteiger partial charge in [-0.2, -0.15) is 0 Å². The SMILES string of the molecule is COCC(O)CN1CCC(NC(=O)Cc2cc(F)ccc2F)CC1. The lowest BCUT2D eigenvalue weighted by Crippen LogP contribution is -2.47. The monoisotopic (exact) mass is 342 g/mol. The second-order valence-electron chi connectivity index (χ2n) is 6.16. The lowest BCUT2D eigenvalue weighted by molar-refractivity contribution is -0.121. The Bertz CT molecular complexity index is 549. The first-order chi connectivity index (χ1) is 11.5. The molecule has 1 saturated heterocycles. The van der Waals surface area contributed by atoms with Gasteiger partial charge in [-0.3, -0.25) is 4.79 Å². The van der Waals surface area contributed by atoms with Gasteiger partial charge < -0.3 is 20.1 Å². The maximum atomic E-state index is 13.6. The van der Waals surface area contributed by atoms with Gasteiger partial charge in [0, 0.05) is 38.3 Å². The van der Waals surface area contributed by atoms with Crippen molar-refractivity contribution in [2.45, 2.75) is 31.4 Å². The average molecular weight is 342 g/mol. The van der Waals surface area contributed by atoms with Gasteiger partial charge in [0.1, 0.15) is 11.6 Å². The zero-order chi connectivity index (χ0) is 17.5. The Kier molecular flexibility index (Phi) is 7.08. The third kappa shape index (κ3) is 5.81. The smallest absolute Gasteiger partial charge is 0.224 e. The molecular weight excluding hydrogens is 318 g/mol. The number of benzene rings is 1. The Morgan fingerprint density at radius 2 is 2.12 bits per heavy atom. The predicted octanol–water partition coefficient (Wildman–Crippen LogP) is 1.10. The molecule has 134 valence electrons. The summed E-state index contributed by atoms with van der Waals surface area (Å²) in [5.41, 5.74) is 0.0626. The fraction of sp³-hybridized carbons (Fsp3) is 0.588. The summed E-state index contributed by atoms with van der Waals surface area (Å²) < 4.78 is 31.6. The van der Waals surface area contributed by atoms with E-state index in [2.05, 4.69) is 10.2 Å². The van der Waals surface area contributed by atoms with E-state index in [1.54, 1.807) is 7.11 Å². The zero-order valence-corrected chi connectivity index (χ0v) is 13.8. The number of hydrogen-bond donors (Lipinski definition) is 2. The molecule has 1 aliphatic heterocycles. The standard InChI is InChI=1S/C17H24F2N2O3/c1-24-11-15(22)10-21-6-4-14(5-7-21)20-17(23)9-12-8-13(18)2-3-16(12)19/h2-3,8,14-15,22H,4-7,9-11H2,1H3,(H,20,23). The molecule has 0 aromatic heterocycles. The number of aliphatic hydroxyl groups excluding tert-OH is 1. The van der Waals surface area contributed by atoms with Gasteiger partial charge >= 0.3 is 0 Å². The molecule has 1 amide bonds. The van der Waals surface area contributed by atoms with Crippen LogP contribution < -0.4 is 5.32 Å². The molecular formula is C17H24F2N2O3. The van der Waals surface area contributed by atoms with Crippen LogP contribution >= 0.6 is 0 Å². The highest BCUT2D eigenvalue weighted by atomic mass is 19.1. The Hall–Kier alpha value is -1.57. The summed E-state index contributed by atoms with van der Waals surface area (Å²) in [7, 11) is 1.55. The number of piperidine rings is 1. The number of carbonyl (C=O) groups is 1. The summed E-state index contributed by atoms with van der Waals surface area (Å²) in [5.74, 6) is -1.44. The van der Waals surface area contributed by atoms with Gasteiger partial charge in [0.2, 0.25) is 5.91 Å². The molecule has 0 spiro atoms. The van der Waals surface area contributed by atoms with Crippen molar-refractivity contribution in [1.82, 2.24) is 10.2 Å². The lowest BCUT2D eigenvalue weighted by atomic mass is 10.0. The minimum atomic E-state index is -0.575. The number of nitrogens with one attached hydrogen (secondary N) is 1. The molecule has 2 rings (SSSR count). The molecule has 24 heavy (non-hydrogen) atoms. The first-order valence-electron chi connectivity index (χ1n) is 8.10. The van der Waals surface area contributed by atoms with Gasteiger partial charge in [0.15, 0.2) is 0 Å². The summed E-state index contributed by atoms with van der Waals surface area (Å²) in [5, 5.41) is 12.6. The molecule has 0 bridgehead atoms. The summed E-state index contributed by atoms with van der Waals surface area (Å²) in [4.78, 5) is 14.1. The average Bonchev–Trinajstić information content (AvgIpc) is 2.53. The molecule has 1 aromatic rings. The largest absolute Gasteiger partial charge is 0.389 e. The van der Waals surface area contributed by atoms with Crippen molar-refractivity contribution < 1.29 is 23.4 Å². The number of hydrogen-bond acceptors (Lipinski definition) is 4. The molecule has 0 saturated carbocycles. The molecule has 1 aliphatic rings. The Morgan fingerprint density at radius 1 is 1.42 bits per heavy atom. The van der Waals surface area contributed by atoms with Crippen LogP contribution in [0.2, 0.25) is 0 Å². The number of β-amino-alcohol motifs (C(OH)–C–C–N with tert-alkyl or cyclic N) is 1. The molecule has 0 radical (unpaired) electrons. The molecule has 1 unspecified atom stereocenters. The van der Waals surface area contributed by atoms with Gasteiger partial charge in [-0.05, 0) is 31.0 Å². The van der Waals surface area contributed by atoms with Crippen LogP contribution in [0.4, 0.5) is 8.78 Å². The van der Waals surface area contributed by atoms with Crippen molar-refractivity contribution >= 4 is 5.91 Å². The van der Waals surface area contributed by atoms with Gasteiger partial charge in [-0.25, -0.2) is 8.78 Å². The van der Waals surface area contributed by atoms with Crippen molar-refractivity contribution in [3.63, 3.8) is 0 Å². The quantitative estimate of drug-likeness (QED) is 0.779. The third-order valence-corrected chi connectivity index (χ3v) is 4.14. The molecule has 1 aromatic carbocycles. The summed E-state index contributed by atoms with van der Waals surface area (Å²) in [6, 6.07) is 3.13. The minimum Gasteiger partial charge on any atom is -0.389 e. The number of halogens is 2. The van der Waals surface area contributed by atoms with Gasteiger partial charge in [-0.15, -0.1) is 0 Å². The van der Waals surface area contributed by atoms with E-state index < -0.39 is 17.7 Å². The van der Waals surface area contributed by atoms with Crippen LogP contribution in [0.3, 0.4) is 0 Å². The highest BCUT2D eigenvalue weighted by Gasteiger charge is 2.22. The Morgan fingerprint density at radius 3 is 2.79 bits per heavy atom. The molecule has 1 heterocycles. The van der Waals surface area contributed by atoms with E-state index in [0.717, 1.165) is 44.1 Å². The van der Waals surface area contributed by atoms with E-state index in [-0.39, 0.29) is 23.9 Å². The number of aliphatic hydroxyl groups is 1. The molecule has 1 atom stereocenters. The van der Waals surface area contributed by atoms with Crippen molar-refractivity contribution in [2.75, 3.05) is 33.4 Å². The Labute approximate surface area is 140 Å². The van der Waals surface area contributed by atoms with E-state index in [4.69, 9.17) is 4.74 Å². The number of likely N-dealkylation sites (tertiary alicyclic amines) is 1. The van der Waals surface area contributed by atoms with Gasteiger partial charge in [0.05, 0.1) is 19.1 Å². The van der Waals surface area contributed by atoms with Crippen molar-refractivity contribution in [3.8, 4) is 0 Å². The molecule has 5 nitrogen and oxygen atoms in total. The van der Waals surface area contributed by atoms with Gasteiger partial charge in [0.25, 0.3) is 0 Å². The van der Waals surface area contributed by atoms with Crippen LogP contribution in [-0.2, 0) is 16.0 Å². The number of methoxy groups -OCH3 is 1. The minimum absolute atomic E-state index is 0.0185. The third-order valence-electron chi connectivity index (χ3n) is 4.14. The second kappa shape index (κ2) is 9.05. The highest BCUT2D eigenvalue weighted by molar-refractivity contribution is 5.78. The van der Waals surface area contributed by atoms with Crippen LogP contribution in [0.1, 0.15) is 18.4 Å². The van der Waals surface area contributed by atoms with Crippen molar-refractivity contribution in [2.24, 2.45) is 0 Å². The zero-order valence-electron chi connectivity index (χ0n) is 13.8. The molecule has 0 aliphatic carbocycles. The van der Waals surface area contributed by atoms with Crippen LogP contribution in [0.25, 0.3) is 0 Å². The highest BCUT2D eigenvalue weighted by Crippen LogP contribution is 2.13. The number of ether oxygens (including phenoxy) is 1. The summed E-state index contributed by atoms with van der Waals surface area (Å²) in [6.07, 6.45) is 0.835. The number of carbonyl (C=O) groups excluding carboxylic acids is 1. The number of nitrogens with zero attached hydrogens (tertiary/aromatic N) is 1. The normalized spacial score (nSPS) is 17.7. The predicted molar refractivity (Wildman–Crippen MR) is 85.5 cm³/mol. The summed E-state index contributed by atoms with van der Waals surface area (Å²) in [6.45, 7) is 2.37. The van der Waals surface area contributed by atoms with Crippen LogP contribution in [-0.4, -0.2) is 61.4 Å². The van der Waals surface area contributed by atoms with E-state index in [1.807, 2.05) is 0 Å². The Balaban J connectivity index is 1.75. The van der Waals surface area contributed by atoms with Crippen molar-refractivity contribution in [3.05, 3.63) is 35.4 Å². The maximum absolute atomic E-state index is 13.6. The first kappa shape index (κ1) is 18.8. The van der Waals surface area contributed by atoms with E-state index >= 15 is 0 Å². The molecule has 7 heteroatoms. The van der Waals surface area contributed by atoms with E-state index in [9.17, 15) is 18.7 Å². The van der Waals surface area contributed by atoms with Crippen LogP contribution in [0, 0.1) is 11.6 Å². The first-order valence-corrected chi connectivity index (χ1v) is 8.10. The molecule has 1 fully saturated rings. The fourth-order valence-electron chi connectivity index (χ4n) is 2.93.